The maximum Gasteiger partial charge on any atom is 0.271 e. The number of amides is 1. The number of nitrogens with zero attached hydrogens (tertiary/aromatic N) is 2. The molecule has 110 valence electrons. The Hall–Kier alpha value is -3.15. The van der Waals surface area contributed by atoms with Crippen molar-refractivity contribution >= 4 is 23.2 Å². The van der Waals surface area contributed by atoms with E-state index in [0.29, 0.717) is 11.1 Å². The molecule has 3 aromatic rings. The van der Waals surface area contributed by atoms with Crippen LogP contribution in [0.5, 0.6) is 5.75 Å². The third-order valence-corrected chi connectivity index (χ3v) is 3.24. The number of carbonyl (C=O) groups is 1. The Balaban J connectivity index is 1.72. The van der Waals surface area contributed by atoms with Crippen LogP contribution in [0.2, 0.25) is 0 Å². The summed E-state index contributed by atoms with van der Waals surface area (Å²) in [6.45, 7) is 1.88. The maximum absolute atomic E-state index is 12.0. The van der Waals surface area contributed by atoms with E-state index in [4.69, 9.17) is 0 Å². The van der Waals surface area contributed by atoms with Gasteiger partial charge in [0.25, 0.3) is 5.91 Å². The highest BCUT2D eigenvalue weighted by Gasteiger charge is 2.06. The molecule has 0 spiro atoms. The smallest absolute Gasteiger partial charge is 0.271 e. The molecular formula is C16H14N4O2. The van der Waals surface area contributed by atoms with Crippen molar-refractivity contribution in [3.63, 3.8) is 0 Å². The molecule has 0 aliphatic carbocycles. The first kappa shape index (κ1) is 13.8. The Morgan fingerprint density at radius 2 is 2.18 bits per heavy atom. The summed E-state index contributed by atoms with van der Waals surface area (Å²) in [5.74, 6) is -0.212. The van der Waals surface area contributed by atoms with Gasteiger partial charge in [0.05, 0.1) is 23.6 Å². The highest BCUT2D eigenvalue weighted by molar-refractivity contribution is 5.97. The maximum atomic E-state index is 12.0. The number of hydrazone groups is 1. The Labute approximate surface area is 126 Å². The summed E-state index contributed by atoms with van der Waals surface area (Å²) in [6.07, 6.45) is 2.98. The lowest BCUT2D eigenvalue weighted by atomic mass is 10.1. The number of H-pyrrole nitrogens is 1. The molecule has 0 saturated heterocycles. The zero-order valence-electron chi connectivity index (χ0n) is 11.9. The number of phenolic OH excluding ortho intramolecular Hbond substituents is 1. The van der Waals surface area contributed by atoms with Crippen LogP contribution in [0.15, 0.2) is 47.8 Å². The van der Waals surface area contributed by atoms with E-state index in [0.717, 1.165) is 16.6 Å². The van der Waals surface area contributed by atoms with E-state index in [1.807, 2.05) is 13.0 Å². The van der Waals surface area contributed by atoms with Crippen molar-refractivity contribution in [1.29, 1.82) is 0 Å². The average molecular weight is 294 g/mol. The molecule has 6 heteroatoms. The summed E-state index contributed by atoms with van der Waals surface area (Å²) in [4.78, 5) is 19.1. The molecule has 1 amide bonds. The highest BCUT2D eigenvalue weighted by Crippen LogP contribution is 2.16. The van der Waals surface area contributed by atoms with Crippen LogP contribution >= 0.6 is 0 Å². The van der Waals surface area contributed by atoms with Crippen LogP contribution in [0.1, 0.15) is 21.5 Å². The lowest BCUT2D eigenvalue weighted by Gasteiger charge is -2.01. The molecule has 0 radical (unpaired) electrons. The molecule has 3 N–H and O–H groups in total. The zero-order valence-corrected chi connectivity index (χ0v) is 11.9. The Kier molecular flexibility index (Phi) is 3.57. The standard InChI is InChI=1S/C16H14N4O2/c1-10-2-3-12(15(21)6-10)8-19-20-16(22)11-4-5-13-14(7-11)18-9-17-13/h2-9,21H,1H3,(H,17,18)(H,20,22)/b19-8+. The van der Waals surface area contributed by atoms with E-state index in [2.05, 4.69) is 20.5 Å². The van der Waals surface area contributed by atoms with Gasteiger partial charge in [0.1, 0.15) is 5.75 Å². The van der Waals surface area contributed by atoms with Gasteiger partial charge in [0, 0.05) is 11.1 Å². The number of phenols is 1. The largest absolute Gasteiger partial charge is 0.507 e. The van der Waals surface area contributed by atoms with Crippen LogP contribution < -0.4 is 5.43 Å². The zero-order chi connectivity index (χ0) is 15.5. The third kappa shape index (κ3) is 2.80. The Morgan fingerprint density at radius 3 is 3.00 bits per heavy atom. The SMILES string of the molecule is Cc1ccc(/C=N/NC(=O)c2ccc3nc[nH]c3c2)c(O)c1. The van der Waals surface area contributed by atoms with E-state index in [1.165, 1.54) is 6.21 Å². The molecule has 0 saturated carbocycles. The molecule has 1 aromatic heterocycles. The summed E-state index contributed by atoms with van der Waals surface area (Å²) in [5.41, 5.74) is 5.97. The summed E-state index contributed by atoms with van der Waals surface area (Å²) in [7, 11) is 0. The van der Waals surface area contributed by atoms with Crippen LogP contribution in [0.3, 0.4) is 0 Å². The van der Waals surface area contributed by atoms with Crippen molar-refractivity contribution < 1.29 is 9.90 Å². The molecule has 2 aromatic carbocycles. The quantitative estimate of drug-likeness (QED) is 0.511. The third-order valence-electron chi connectivity index (χ3n) is 3.24. The van der Waals surface area contributed by atoms with E-state index in [1.54, 1.807) is 36.7 Å². The number of carbonyl (C=O) groups excluding carboxylic acids is 1. The molecule has 3 rings (SSSR count). The van der Waals surface area contributed by atoms with Crippen molar-refractivity contribution in [2.45, 2.75) is 6.92 Å². The minimum absolute atomic E-state index is 0.122. The fourth-order valence-electron chi connectivity index (χ4n) is 2.06. The number of imidazole rings is 1. The van der Waals surface area contributed by atoms with Crippen LogP contribution in [0, 0.1) is 6.92 Å². The Bertz CT molecular complexity index is 867. The van der Waals surface area contributed by atoms with Gasteiger partial charge in [-0.05, 0) is 42.8 Å². The lowest BCUT2D eigenvalue weighted by molar-refractivity contribution is 0.0955. The van der Waals surface area contributed by atoms with Crippen molar-refractivity contribution in [3.8, 4) is 5.75 Å². The number of hydrogen-bond donors (Lipinski definition) is 3. The van der Waals surface area contributed by atoms with Crippen LogP contribution in [-0.2, 0) is 0 Å². The molecule has 0 fully saturated rings. The predicted octanol–water partition coefficient (Wildman–Crippen LogP) is 2.34. The molecule has 1 heterocycles. The van der Waals surface area contributed by atoms with Crippen molar-refractivity contribution in [1.82, 2.24) is 15.4 Å². The molecule has 6 nitrogen and oxygen atoms in total. The first-order valence-corrected chi connectivity index (χ1v) is 6.69. The van der Waals surface area contributed by atoms with E-state index < -0.39 is 0 Å². The summed E-state index contributed by atoms with van der Waals surface area (Å²) >= 11 is 0. The first-order chi connectivity index (χ1) is 10.6. The van der Waals surface area contributed by atoms with Gasteiger partial charge in [-0.3, -0.25) is 4.79 Å². The molecule has 0 bridgehead atoms. The summed E-state index contributed by atoms with van der Waals surface area (Å²) < 4.78 is 0. The van der Waals surface area contributed by atoms with Crippen molar-refractivity contribution in [2.75, 3.05) is 0 Å². The number of hydrogen-bond acceptors (Lipinski definition) is 4. The van der Waals surface area contributed by atoms with Crippen molar-refractivity contribution in [2.24, 2.45) is 5.10 Å². The predicted molar refractivity (Wildman–Crippen MR) is 84.0 cm³/mol. The Morgan fingerprint density at radius 1 is 1.32 bits per heavy atom. The second-order valence-electron chi connectivity index (χ2n) is 4.90. The van der Waals surface area contributed by atoms with Crippen LogP contribution in [0.4, 0.5) is 0 Å². The van der Waals surface area contributed by atoms with Gasteiger partial charge in [-0.1, -0.05) is 6.07 Å². The second-order valence-corrected chi connectivity index (χ2v) is 4.90. The second kappa shape index (κ2) is 5.69. The van der Waals surface area contributed by atoms with E-state index >= 15 is 0 Å². The first-order valence-electron chi connectivity index (χ1n) is 6.69. The number of aromatic nitrogens is 2. The van der Waals surface area contributed by atoms with Crippen LogP contribution in [-0.4, -0.2) is 27.2 Å². The number of fused-ring (bicyclic) bond motifs is 1. The van der Waals surface area contributed by atoms with Crippen LogP contribution in [0.25, 0.3) is 11.0 Å². The average Bonchev–Trinajstić information content (AvgIpc) is 2.96. The number of aromatic amines is 1. The van der Waals surface area contributed by atoms with Gasteiger partial charge in [0.2, 0.25) is 0 Å². The van der Waals surface area contributed by atoms with E-state index in [9.17, 15) is 9.90 Å². The van der Waals surface area contributed by atoms with Gasteiger partial charge in [-0.25, -0.2) is 10.4 Å². The number of rotatable bonds is 3. The molecule has 0 aliphatic heterocycles. The topological polar surface area (TPSA) is 90.4 Å². The lowest BCUT2D eigenvalue weighted by Crippen LogP contribution is -2.17. The molecular weight excluding hydrogens is 280 g/mol. The number of benzene rings is 2. The fraction of sp³-hybridized carbons (Fsp3) is 0.0625. The minimum Gasteiger partial charge on any atom is -0.507 e. The summed E-state index contributed by atoms with van der Waals surface area (Å²) in [5, 5.41) is 13.6. The van der Waals surface area contributed by atoms with Gasteiger partial charge in [-0.15, -0.1) is 0 Å². The van der Waals surface area contributed by atoms with Gasteiger partial charge in [0.15, 0.2) is 0 Å². The van der Waals surface area contributed by atoms with Gasteiger partial charge in [-0.2, -0.15) is 5.10 Å². The highest BCUT2D eigenvalue weighted by atomic mass is 16.3. The number of aryl methyl sites for hydroxylation is 1. The van der Waals surface area contributed by atoms with E-state index in [-0.39, 0.29) is 11.7 Å². The molecule has 0 unspecified atom stereocenters. The normalized spacial score (nSPS) is 11.1. The number of aromatic hydroxyl groups is 1. The minimum atomic E-state index is -0.334. The monoisotopic (exact) mass is 294 g/mol. The van der Waals surface area contributed by atoms with Gasteiger partial charge < -0.3 is 10.1 Å². The number of nitrogens with one attached hydrogen (secondary N) is 2. The molecule has 0 aliphatic rings. The van der Waals surface area contributed by atoms with Crippen molar-refractivity contribution in [3.05, 3.63) is 59.4 Å². The fourth-order valence-corrected chi connectivity index (χ4v) is 2.06. The summed E-state index contributed by atoms with van der Waals surface area (Å²) in [6, 6.07) is 10.4. The molecule has 0 atom stereocenters. The van der Waals surface area contributed by atoms with Gasteiger partial charge >= 0.3 is 0 Å². The molecule has 22 heavy (non-hydrogen) atoms.